The van der Waals surface area contributed by atoms with E-state index >= 15 is 0 Å². The van der Waals surface area contributed by atoms with Crippen molar-refractivity contribution in [3.05, 3.63) is 28.7 Å². The van der Waals surface area contributed by atoms with E-state index in [2.05, 4.69) is 26.6 Å². The largest absolute Gasteiger partial charge is 0.454 e. The molecule has 4 fully saturated rings. The fourth-order valence-corrected chi connectivity index (χ4v) is 6.06. The highest BCUT2D eigenvalue weighted by Gasteiger charge is 2.54. The van der Waals surface area contributed by atoms with E-state index < -0.39 is 11.9 Å². The molecular weight excluding hydrogens is 424 g/mol. The van der Waals surface area contributed by atoms with Gasteiger partial charge in [0.2, 0.25) is 5.91 Å². The van der Waals surface area contributed by atoms with E-state index in [1.54, 1.807) is 12.1 Å². The van der Waals surface area contributed by atoms with Crippen LogP contribution in [0.25, 0.3) is 0 Å². The van der Waals surface area contributed by atoms with E-state index in [4.69, 9.17) is 4.74 Å². The van der Waals surface area contributed by atoms with Crippen molar-refractivity contribution < 1.29 is 19.1 Å². The molecule has 1 aromatic rings. The Hall–Kier alpha value is -1.89. The van der Waals surface area contributed by atoms with Crippen LogP contribution in [0.5, 0.6) is 0 Å². The number of benzene rings is 1. The minimum atomic E-state index is -0.597. The molecule has 4 saturated carbocycles. The molecule has 0 saturated heterocycles. The molecule has 28 heavy (non-hydrogen) atoms. The van der Waals surface area contributed by atoms with E-state index in [0.717, 1.165) is 23.7 Å². The summed E-state index contributed by atoms with van der Waals surface area (Å²) in [5, 5.41) is 5.44. The molecule has 0 aromatic heterocycles. The number of ether oxygens (including phenoxy) is 1. The zero-order valence-electron chi connectivity index (χ0n) is 15.7. The number of carbonyl (C=O) groups is 3. The first kappa shape index (κ1) is 19.4. The Labute approximate surface area is 172 Å². The summed E-state index contributed by atoms with van der Waals surface area (Å²) >= 11 is 3.34. The highest BCUT2D eigenvalue weighted by molar-refractivity contribution is 9.10. The van der Waals surface area contributed by atoms with E-state index in [1.807, 2.05) is 12.1 Å². The monoisotopic (exact) mass is 448 g/mol. The summed E-state index contributed by atoms with van der Waals surface area (Å²) < 4.78 is 5.75. The fraction of sp³-hybridized carbons (Fsp3) is 0.571. The van der Waals surface area contributed by atoms with E-state index in [9.17, 15) is 14.4 Å². The van der Waals surface area contributed by atoms with Crippen LogP contribution >= 0.6 is 15.9 Å². The number of carbonyl (C=O) groups excluding carboxylic acids is 3. The molecular formula is C21H25BrN2O4. The Morgan fingerprint density at radius 2 is 1.64 bits per heavy atom. The number of para-hydroxylation sites is 1. The summed E-state index contributed by atoms with van der Waals surface area (Å²) in [5.41, 5.74) is 0.324. The van der Waals surface area contributed by atoms with Crippen molar-refractivity contribution in [2.75, 3.05) is 18.5 Å². The molecule has 0 radical (unpaired) electrons. The maximum atomic E-state index is 12.8. The molecule has 4 bridgehead atoms. The molecule has 1 aromatic carbocycles. The molecule has 0 spiro atoms. The SMILES string of the molecule is O=C(COC(=O)CNC(=O)C12CC3CC(CC(C3)C1)C2)Nc1ccccc1Br. The lowest BCUT2D eigenvalue weighted by molar-refractivity contribution is -0.152. The van der Waals surface area contributed by atoms with Crippen molar-refractivity contribution in [2.24, 2.45) is 23.2 Å². The average molecular weight is 449 g/mol. The van der Waals surface area contributed by atoms with Crippen LogP contribution in [0.3, 0.4) is 0 Å². The highest BCUT2D eigenvalue weighted by Crippen LogP contribution is 2.60. The number of nitrogens with one attached hydrogen (secondary N) is 2. The number of amides is 2. The molecule has 7 heteroatoms. The van der Waals surface area contributed by atoms with Crippen LogP contribution in [0.2, 0.25) is 0 Å². The van der Waals surface area contributed by atoms with Gasteiger partial charge < -0.3 is 15.4 Å². The van der Waals surface area contributed by atoms with Crippen LogP contribution in [0, 0.1) is 23.2 Å². The molecule has 5 rings (SSSR count). The first-order valence-electron chi connectivity index (χ1n) is 9.92. The zero-order valence-corrected chi connectivity index (χ0v) is 17.3. The van der Waals surface area contributed by atoms with E-state index in [1.165, 1.54) is 19.3 Å². The maximum Gasteiger partial charge on any atom is 0.325 e. The minimum absolute atomic E-state index is 0.0128. The van der Waals surface area contributed by atoms with Crippen molar-refractivity contribution >= 4 is 39.4 Å². The topological polar surface area (TPSA) is 84.5 Å². The lowest BCUT2D eigenvalue weighted by atomic mass is 9.49. The zero-order chi connectivity index (χ0) is 19.7. The third-order valence-electron chi connectivity index (χ3n) is 6.43. The van der Waals surface area contributed by atoms with Gasteiger partial charge in [0.05, 0.1) is 5.69 Å². The van der Waals surface area contributed by atoms with Gasteiger partial charge in [-0.2, -0.15) is 0 Å². The second-order valence-electron chi connectivity index (χ2n) is 8.57. The molecule has 0 unspecified atom stereocenters. The summed E-state index contributed by atoms with van der Waals surface area (Å²) in [6.07, 6.45) is 6.65. The van der Waals surface area contributed by atoms with Gasteiger partial charge in [0, 0.05) is 9.89 Å². The Balaban J connectivity index is 1.22. The van der Waals surface area contributed by atoms with Crippen LogP contribution in [0.1, 0.15) is 38.5 Å². The Morgan fingerprint density at radius 1 is 1.04 bits per heavy atom. The molecule has 6 nitrogen and oxygen atoms in total. The predicted octanol–water partition coefficient (Wildman–Crippen LogP) is 3.26. The lowest BCUT2D eigenvalue weighted by Crippen LogP contribution is -2.54. The lowest BCUT2D eigenvalue weighted by Gasteiger charge is -2.55. The van der Waals surface area contributed by atoms with Gasteiger partial charge >= 0.3 is 5.97 Å². The van der Waals surface area contributed by atoms with Gasteiger partial charge in [-0.1, -0.05) is 12.1 Å². The Kier molecular flexibility index (Phi) is 5.45. The van der Waals surface area contributed by atoms with Gasteiger partial charge in [-0.15, -0.1) is 0 Å². The molecule has 2 amide bonds. The van der Waals surface area contributed by atoms with Crippen LogP contribution in [-0.2, 0) is 19.1 Å². The quantitative estimate of drug-likeness (QED) is 0.653. The van der Waals surface area contributed by atoms with Crippen molar-refractivity contribution in [1.29, 1.82) is 0 Å². The highest BCUT2D eigenvalue weighted by atomic mass is 79.9. The van der Waals surface area contributed by atoms with Crippen molar-refractivity contribution in [1.82, 2.24) is 5.32 Å². The summed E-state index contributed by atoms with van der Waals surface area (Å²) in [6, 6.07) is 7.19. The molecule has 150 valence electrons. The second-order valence-corrected chi connectivity index (χ2v) is 9.42. The van der Waals surface area contributed by atoms with E-state index in [-0.39, 0.29) is 24.5 Å². The third-order valence-corrected chi connectivity index (χ3v) is 7.12. The molecule has 0 aliphatic heterocycles. The van der Waals surface area contributed by atoms with Crippen molar-refractivity contribution in [3.8, 4) is 0 Å². The van der Waals surface area contributed by atoms with Crippen LogP contribution in [-0.4, -0.2) is 30.9 Å². The first-order valence-corrected chi connectivity index (χ1v) is 10.7. The van der Waals surface area contributed by atoms with E-state index in [0.29, 0.717) is 23.4 Å². The number of halogens is 1. The van der Waals surface area contributed by atoms with Crippen LogP contribution in [0.15, 0.2) is 28.7 Å². The molecule has 4 aliphatic rings. The number of hydrogen-bond acceptors (Lipinski definition) is 4. The van der Waals surface area contributed by atoms with Crippen LogP contribution in [0.4, 0.5) is 5.69 Å². The third kappa shape index (κ3) is 4.09. The smallest absolute Gasteiger partial charge is 0.325 e. The number of anilines is 1. The minimum Gasteiger partial charge on any atom is -0.454 e. The standard InChI is InChI=1S/C21H25BrN2O4/c22-16-3-1-2-4-17(16)24-18(25)12-28-19(26)11-23-20(27)21-8-13-5-14(9-21)7-15(6-13)10-21/h1-4,13-15H,5-12H2,(H,23,27)(H,24,25). The van der Waals surface area contributed by atoms with Crippen molar-refractivity contribution in [2.45, 2.75) is 38.5 Å². The van der Waals surface area contributed by atoms with Gasteiger partial charge in [-0.25, -0.2) is 0 Å². The molecule has 2 N–H and O–H groups in total. The molecule has 0 atom stereocenters. The van der Waals surface area contributed by atoms with Gasteiger partial charge in [-0.3, -0.25) is 14.4 Å². The number of esters is 1. The van der Waals surface area contributed by atoms with Gasteiger partial charge in [0.25, 0.3) is 5.91 Å². The number of rotatable bonds is 6. The summed E-state index contributed by atoms with van der Waals surface area (Å²) in [4.78, 5) is 36.7. The fourth-order valence-electron chi connectivity index (χ4n) is 5.67. The molecule has 0 heterocycles. The van der Waals surface area contributed by atoms with Crippen molar-refractivity contribution in [3.63, 3.8) is 0 Å². The maximum absolute atomic E-state index is 12.8. The van der Waals surface area contributed by atoms with Crippen LogP contribution < -0.4 is 10.6 Å². The normalized spacial score (nSPS) is 30.0. The van der Waals surface area contributed by atoms with Gasteiger partial charge in [0.1, 0.15) is 6.54 Å². The predicted molar refractivity (Wildman–Crippen MR) is 107 cm³/mol. The average Bonchev–Trinajstić information content (AvgIpc) is 2.65. The Bertz CT molecular complexity index is 759. The van der Waals surface area contributed by atoms with Gasteiger partial charge in [-0.05, 0) is 84.3 Å². The second kappa shape index (κ2) is 7.85. The summed E-state index contributed by atoms with van der Waals surface area (Å²) in [7, 11) is 0. The summed E-state index contributed by atoms with van der Waals surface area (Å²) in [6.45, 7) is -0.573. The summed E-state index contributed by atoms with van der Waals surface area (Å²) in [5.74, 6) is 0.981. The first-order chi connectivity index (χ1) is 13.4. The Morgan fingerprint density at radius 3 is 2.25 bits per heavy atom. The van der Waals surface area contributed by atoms with Gasteiger partial charge in [0.15, 0.2) is 6.61 Å². The number of hydrogen-bond donors (Lipinski definition) is 2. The molecule has 4 aliphatic carbocycles.